The number of likely N-dealkylation sites (tertiary alicyclic amines) is 2. The predicted octanol–water partition coefficient (Wildman–Crippen LogP) is 1.49. The summed E-state index contributed by atoms with van der Waals surface area (Å²) in [5.41, 5.74) is 0.469. The summed E-state index contributed by atoms with van der Waals surface area (Å²) < 4.78 is 0. The monoisotopic (exact) mass is 301 g/mol. The second-order valence-electron chi connectivity index (χ2n) is 6.71. The molecular formula is C15H28ClN3O. The third-order valence-corrected chi connectivity index (χ3v) is 5.37. The van der Waals surface area contributed by atoms with Crippen LogP contribution in [0, 0.1) is 5.41 Å². The lowest BCUT2D eigenvalue weighted by atomic mass is 9.86. The Labute approximate surface area is 128 Å². The Bertz CT molecular complexity index is 338. The van der Waals surface area contributed by atoms with Gasteiger partial charge in [-0.15, -0.1) is 12.4 Å². The van der Waals surface area contributed by atoms with Crippen LogP contribution in [0.4, 0.5) is 0 Å². The first-order chi connectivity index (χ1) is 9.20. The van der Waals surface area contributed by atoms with Crippen LogP contribution < -0.4 is 5.32 Å². The van der Waals surface area contributed by atoms with Crippen LogP contribution in [0.5, 0.6) is 0 Å². The summed E-state index contributed by atoms with van der Waals surface area (Å²) in [5, 5.41) is 3.49. The molecule has 0 aromatic rings. The molecule has 1 spiro atoms. The van der Waals surface area contributed by atoms with Gasteiger partial charge in [0.15, 0.2) is 0 Å². The van der Waals surface area contributed by atoms with Gasteiger partial charge in [0.2, 0.25) is 5.91 Å². The predicted molar refractivity (Wildman–Crippen MR) is 83.3 cm³/mol. The lowest BCUT2D eigenvalue weighted by Crippen LogP contribution is -2.48. The van der Waals surface area contributed by atoms with Crippen LogP contribution >= 0.6 is 12.4 Å². The van der Waals surface area contributed by atoms with E-state index < -0.39 is 0 Å². The van der Waals surface area contributed by atoms with Crippen LogP contribution in [0.25, 0.3) is 0 Å². The van der Waals surface area contributed by atoms with E-state index >= 15 is 0 Å². The van der Waals surface area contributed by atoms with Gasteiger partial charge in [-0.3, -0.25) is 9.69 Å². The molecule has 0 aliphatic carbocycles. The lowest BCUT2D eigenvalue weighted by Gasteiger charge is -2.33. The fraction of sp³-hybridized carbons (Fsp3) is 0.933. The molecule has 116 valence electrons. The van der Waals surface area contributed by atoms with Gasteiger partial charge in [-0.25, -0.2) is 0 Å². The molecule has 0 aromatic carbocycles. The second kappa shape index (κ2) is 6.63. The van der Waals surface area contributed by atoms with Crippen molar-refractivity contribution in [1.29, 1.82) is 0 Å². The summed E-state index contributed by atoms with van der Waals surface area (Å²) in [5.74, 6) is 0.364. The quantitative estimate of drug-likeness (QED) is 0.839. The molecule has 3 saturated heterocycles. The van der Waals surface area contributed by atoms with Crippen molar-refractivity contribution >= 4 is 18.3 Å². The maximum Gasteiger partial charge on any atom is 0.239 e. The molecule has 3 heterocycles. The van der Waals surface area contributed by atoms with Crippen LogP contribution in [0.15, 0.2) is 0 Å². The van der Waals surface area contributed by atoms with Gasteiger partial charge in [0, 0.05) is 26.2 Å². The van der Waals surface area contributed by atoms with E-state index in [-0.39, 0.29) is 18.4 Å². The first-order valence-corrected chi connectivity index (χ1v) is 7.94. The Morgan fingerprint density at radius 3 is 2.55 bits per heavy atom. The number of halogens is 1. The number of carbonyl (C=O) groups is 1. The van der Waals surface area contributed by atoms with Crippen molar-refractivity contribution in [2.75, 3.05) is 39.3 Å². The summed E-state index contributed by atoms with van der Waals surface area (Å²) in [7, 11) is 0. The number of hydrogen-bond acceptors (Lipinski definition) is 3. The number of carbonyl (C=O) groups excluding carboxylic acids is 1. The Morgan fingerprint density at radius 1 is 1.15 bits per heavy atom. The summed E-state index contributed by atoms with van der Waals surface area (Å²) >= 11 is 0. The molecule has 3 aliphatic rings. The van der Waals surface area contributed by atoms with Crippen molar-refractivity contribution in [2.24, 2.45) is 5.41 Å². The van der Waals surface area contributed by atoms with E-state index in [1.54, 1.807) is 0 Å². The molecule has 0 radical (unpaired) electrons. The number of piperidine rings is 1. The Kier molecular flexibility index (Phi) is 5.32. The first kappa shape index (κ1) is 16.1. The van der Waals surface area contributed by atoms with Crippen LogP contribution in [0.2, 0.25) is 0 Å². The number of hydrogen-bond donors (Lipinski definition) is 1. The molecule has 0 saturated carbocycles. The van der Waals surface area contributed by atoms with Gasteiger partial charge < -0.3 is 10.2 Å². The zero-order valence-corrected chi connectivity index (χ0v) is 13.4. The average Bonchev–Trinajstić information content (AvgIpc) is 3.09. The summed E-state index contributed by atoms with van der Waals surface area (Å²) in [6.07, 6.45) is 6.21. The van der Waals surface area contributed by atoms with E-state index in [0.717, 1.165) is 39.3 Å². The zero-order chi connectivity index (χ0) is 13.3. The lowest BCUT2D eigenvalue weighted by molar-refractivity contribution is -0.137. The van der Waals surface area contributed by atoms with Crippen LogP contribution in [0.1, 0.15) is 39.0 Å². The van der Waals surface area contributed by atoms with Gasteiger partial charge in [-0.05, 0) is 57.5 Å². The van der Waals surface area contributed by atoms with Gasteiger partial charge in [0.25, 0.3) is 0 Å². The second-order valence-corrected chi connectivity index (χ2v) is 6.71. The minimum Gasteiger partial charge on any atom is -0.341 e. The van der Waals surface area contributed by atoms with Gasteiger partial charge in [-0.1, -0.05) is 0 Å². The summed E-state index contributed by atoms with van der Waals surface area (Å²) in [6.45, 7) is 8.57. The fourth-order valence-corrected chi connectivity index (χ4v) is 3.98. The van der Waals surface area contributed by atoms with E-state index in [2.05, 4.69) is 22.0 Å². The molecule has 2 atom stereocenters. The molecule has 4 nitrogen and oxygen atoms in total. The minimum absolute atomic E-state index is 0. The van der Waals surface area contributed by atoms with Crippen LogP contribution in [-0.4, -0.2) is 61.0 Å². The fourth-order valence-electron chi connectivity index (χ4n) is 3.98. The number of nitrogens with zero attached hydrogens (tertiary/aromatic N) is 2. The SMILES string of the molecule is CC(C(=O)N1CCCCC1)N1CCC2(CCNC2)C1.Cl. The third-order valence-electron chi connectivity index (χ3n) is 5.37. The van der Waals surface area contributed by atoms with Crippen LogP contribution in [0.3, 0.4) is 0 Å². The molecule has 0 bridgehead atoms. The first-order valence-electron chi connectivity index (χ1n) is 7.94. The minimum atomic E-state index is 0. The van der Waals surface area contributed by atoms with Crippen molar-refractivity contribution in [1.82, 2.24) is 15.1 Å². The Hall–Kier alpha value is -0.320. The normalized spacial score (nSPS) is 32.4. The van der Waals surface area contributed by atoms with E-state index in [1.807, 2.05) is 0 Å². The molecule has 1 N–H and O–H groups in total. The zero-order valence-electron chi connectivity index (χ0n) is 12.6. The summed E-state index contributed by atoms with van der Waals surface area (Å²) in [4.78, 5) is 17.1. The van der Waals surface area contributed by atoms with Gasteiger partial charge in [0.05, 0.1) is 6.04 Å². The Balaban J connectivity index is 0.00000147. The smallest absolute Gasteiger partial charge is 0.239 e. The van der Waals surface area contributed by atoms with E-state index in [9.17, 15) is 4.79 Å². The molecule has 1 amide bonds. The molecule has 3 rings (SSSR count). The van der Waals surface area contributed by atoms with Crippen molar-refractivity contribution in [2.45, 2.75) is 45.1 Å². The van der Waals surface area contributed by atoms with Crippen LogP contribution in [-0.2, 0) is 4.79 Å². The molecular weight excluding hydrogens is 274 g/mol. The molecule has 0 aromatic heterocycles. The van der Waals surface area contributed by atoms with Gasteiger partial charge >= 0.3 is 0 Å². The van der Waals surface area contributed by atoms with Gasteiger partial charge in [-0.2, -0.15) is 0 Å². The maximum atomic E-state index is 12.6. The van der Waals surface area contributed by atoms with Crippen molar-refractivity contribution < 1.29 is 4.79 Å². The molecule has 2 unspecified atom stereocenters. The highest BCUT2D eigenvalue weighted by Gasteiger charge is 2.43. The van der Waals surface area contributed by atoms with Crippen molar-refractivity contribution in [3.05, 3.63) is 0 Å². The highest BCUT2D eigenvalue weighted by molar-refractivity contribution is 5.85. The number of rotatable bonds is 2. The highest BCUT2D eigenvalue weighted by Crippen LogP contribution is 2.37. The largest absolute Gasteiger partial charge is 0.341 e. The van der Waals surface area contributed by atoms with Crippen molar-refractivity contribution in [3.8, 4) is 0 Å². The number of amides is 1. The number of nitrogens with one attached hydrogen (secondary N) is 1. The van der Waals surface area contributed by atoms with E-state index in [0.29, 0.717) is 11.3 Å². The molecule has 3 aliphatic heterocycles. The maximum absolute atomic E-state index is 12.6. The van der Waals surface area contributed by atoms with Crippen molar-refractivity contribution in [3.63, 3.8) is 0 Å². The topological polar surface area (TPSA) is 35.6 Å². The molecule has 5 heteroatoms. The van der Waals surface area contributed by atoms with Gasteiger partial charge in [0.1, 0.15) is 0 Å². The van der Waals surface area contributed by atoms with E-state index in [1.165, 1.54) is 32.1 Å². The van der Waals surface area contributed by atoms with E-state index in [4.69, 9.17) is 0 Å². The average molecular weight is 302 g/mol. The molecule has 20 heavy (non-hydrogen) atoms. The Morgan fingerprint density at radius 2 is 1.90 bits per heavy atom. The molecule has 3 fully saturated rings. The third kappa shape index (κ3) is 3.12. The summed E-state index contributed by atoms with van der Waals surface area (Å²) in [6, 6.07) is 0.0816. The highest BCUT2D eigenvalue weighted by atomic mass is 35.5. The standard InChI is InChI=1S/C15H27N3O.ClH/c1-13(14(19)17-8-3-2-4-9-17)18-10-6-15(12-18)5-7-16-11-15;/h13,16H,2-12H2,1H3;1H.